The Morgan fingerprint density at radius 2 is 2.09 bits per heavy atom. The van der Waals surface area contributed by atoms with E-state index in [2.05, 4.69) is 10.3 Å². The lowest BCUT2D eigenvalue weighted by molar-refractivity contribution is -0.683. The van der Waals surface area contributed by atoms with Gasteiger partial charge in [-0.05, 0) is 48.5 Å². The zero-order chi connectivity index (χ0) is 16.4. The van der Waals surface area contributed by atoms with Gasteiger partial charge in [0.1, 0.15) is 5.82 Å². The Balaban J connectivity index is 1.68. The van der Waals surface area contributed by atoms with Crippen LogP contribution in [0.2, 0.25) is 0 Å². The fourth-order valence-electron chi connectivity index (χ4n) is 2.36. The van der Waals surface area contributed by atoms with Crippen molar-refractivity contribution in [2.75, 3.05) is 11.1 Å². The van der Waals surface area contributed by atoms with Crippen molar-refractivity contribution >= 4 is 34.4 Å². The van der Waals surface area contributed by atoms with Crippen LogP contribution in [-0.4, -0.2) is 16.6 Å². The number of rotatable bonds is 4. The van der Waals surface area contributed by atoms with Gasteiger partial charge >= 0.3 is 5.16 Å². The molecular formula is C17H17FN3OS+. The summed E-state index contributed by atoms with van der Waals surface area (Å²) in [6.45, 7) is 1.83. The molecule has 2 aromatic carbocycles. The Labute approximate surface area is 137 Å². The average molecular weight is 330 g/mol. The maximum atomic E-state index is 13.3. The summed E-state index contributed by atoms with van der Waals surface area (Å²) >= 11 is 1.41. The third-order valence-electron chi connectivity index (χ3n) is 3.63. The molecule has 0 radical (unpaired) electrons. The Morgan fingerprint density at radius 3 is 2.87 bits per heavy atom. The number of thioether (sulfide) groups is 1. The summed E-state index contributed by atoms with van der Waals surface area (Å²) in [6, 6.07) is 12.3. The number of fused-ring (bicyclic) bond motifs is 1. The van der Waals surface area contributed by atoms with Crippen molar-refractivity contribution in [3.63, 3.8) is 0 Å². The molecule has 0 unspecified atom stereocenters. The summed E-state index contributed by atoms with van der Waals surface area (Å²) in [7, 11) is 1.95. The lowest BCUT2D eigenvalue weighted by atomic mass is 10.2. The number of halogens is 1. The zero-order valence-electron chi connectivity index (χ0n) is 12.9. The largest absolute Gasteiger partial charge is 0.325 e. The van der Waals surface area contributed by atoms with E-state index in [1.54, 1.807) is 6.07 Å². The highest BCUT2D eigenvalue weighted by molar-refractivity contribution is 7.99. The molecule has 0 aliphatic heterocycles. The average Bonchev–Trinajstić information content (AvgIpc) is 2.86. The molecule has 2 N–H and O–H groups in total. The van der Waals surface area contributed by atoms with Gasteiger partial charge in [0.25, 0.3) is 0 Å². The van der Waals surface area contributed by atoms with E-state index in [9.17, 15) is 9.18 Å². The molecule has 0 spiro atoms. The van der Waals surface area contributed by atoms with Gasteiger partial charge in [-0.2, -0.15) is 0 Å². The van der Waals surface area contributed by atoms with Gasteiger partial charge in [0.15, 0.2) is 11.0 Å². The van der Waals surface area contributed by atoms with Crippen molar-refractivity contribution < 1.29 is 13.8 Å². The van der Waals surface area contributed by atoms with Crippen molar-refractivity contribution in [3.05, 3.63) is 53.8 Å². The summed E-state index contributed by atoms with van der Waals surface area (Å²) in [5.41, 5.74) is 3.45. The van der Waals surface area contributed by atoms with E-state index in [1.807, 2.05) is 42.8 Å². The second-order valence-corrected chi connectivity index (χ2v) is 6.27. The van der Waals surface area contributed by atoms with Gasteiger partial charge in [0.2, 0.25) is 5.91 Å². The highest BCUT2D eigenvalue weighted by Crippen LogP contribution is 2.19. The van der Waals surface area contributed by atoms with E-state index >= 15 is 0 Å². The second kappa shape index (κ2) is 6.42. The number of H-pyrrole nitrogens is 1. The van der Waals surface area contributed by atoms with E-state index < -0.39 is 0 Å². The van der Waals surface area contributed by atoms with E-state index in [4.69, 9.17) is 0 Å². The molecule has 3 aromatic rings. The number of aromatic amines is 1. The molecule has 1 aromatic heterocycles. The SMILES string of the molecule is Cc1ccc(F)cc1NC(=O)CSc1[nH]c2ccccc2[n+]1C. The number of benzene rings is 2. The van der Waals surface area contributed by atoms with Crippen molar-refractivity contribution in [2.24, 2.45) is 7.05 Å². The summed E-state index contributed by atoms with van der Waals surface area (Å²) < 4.78 is 15.3. The molecule has 6 heteroatoms. The number of hydrogen-bond acceptors (Lipinski definition) is 2. The predicted molar refractivity (Wildman–Crippen MR) is 90.0 cm³/mol. The first-order valence-electron chi connectivity index (χ1n) is 7.20. The van der Waals surface area contributed by atoms with Crippen LogP contribution in [0.1, 0.15) is 5.56 Å². The molecular weight excluding hydrogens is 313 g/mol. The van der Waals surface area contributed by atoms with Gasteiger partial charge < -0.3 is 5.32 Å². The third-order valence-corrected chi connectivity index (χ3v) is 4.68. The fraction of sp³-hybridized carbons (Fsp3) is 0.176. The van der Waals surface area contributed by atoms with Gasteiger partial charge in [0, 0.05) is 5.69 Å². The van der Waals surface area contributed by atoms with E-state index in [1.165, 1.54) is 23.9 Å². The summed E-state index contributed by atoms with van der Waals surface area (Å²) in [5, 5.41) is 3.65. The van der Waals surface area contributed by atoms with Gasteiger partial charge in [-0.25, -0.2) is 13.9 Å². The first-order valence-corrected chi connectivity index (χ1v) is 8.18. The number of imidazole rings is 1. The maximum absolute atomic E-state index is 13.3. The molecule has 0 fully saturated rings. The zero-order valence-corrected chi connectivity index (χ0v) is 13.7. The molecule has 1 heterocycles. The minimum absolute atomic E-state index is 0.164. The highest BCUT2D eigenvalue weighted by atomic mass is 32.2. The van der Waals surface area contributed by atoms with Crippen LogP contribution in [-0.2, 0) is 11.8 Å². The topological polar surface area (TPSA) is 48.8 Å². The minimum Gasteiger partial charge on any atom is -0.325 e. The number of amides is 1. The molecule has 23 heavy (non-hydrogen) atoms. The molecule has 4 nitrogen and oxygen atoms in total. The molecule has 3 rings (SSSR count). The van der Waals surface area contributed by atoms with E-state index in [0.29, 0.717) is 5.69 Å². The smallest absolute Gasteiger partial charge is 0.317 e. The van der Waals surface area contributed by atoms with Gasteiger partial charge in [0.05, 0.1) is 12.8 Å². The molecule has 0 saturated carbocycles. The molecule has 0 saturated heterocycles. The Kier molecular flexibility index (Phi) is 4.34. The van der Waals surface area contributed by atoms with Crippen LogP contribution in [0.5, 0.6) is 0 Å². The number of nitrogens with one attached hydrogen (secondary N) is 2. The molecule has 1 amide bonds. The third kappa shape index (κ3) is 3.37. The first-order chi connectivity index (χ1) is 11.0. The molecule has 0 bridgehead atoms. The Morgan fingerprint density at radius 1 is 1.30 bits per heavy atom. The lowest BCUT2D eigenvalue weighted by Gasteiger charge is -2.07. The number of anilines is 1. The van der Waals surface area contributed by atoms with Crippen LogP contribution < -0.4 is 9.88 Å². The predicted octanol–water partition coefficient (Wildman–Crippen LogP) is 3.17. The molecule has 118 valence electrons. The van der Waals surface area contributed by atoms with Crippen molar-refractivity contribution in [1.29, 1.82) is 0 Å². The standard InChI is InChI=1S/C17H16FN3OS/c1-11-7-8-12(18)9-14(11)19-16(22)10-23-17-20-13-5-3-4-6-15(13)21(17)2/h3-9H,10H2,1-2H3,(H,19,22)/p+1. The van der Waals surface area contributed by atoms with E-state index in [0.717, 1.165) is 21.8 Å². The van der Waals surface area contributed by atoms with Crippen LogP contribution >= 0.6 is 11.8 Å². The number of para-hydroxylation sites is 2. The highest BCUT2D eigenvalue weighted by Gasteiger charge is 2.17. The molecule has 0 aliphatic carbocycles. The number of aryl methyl sites for hydroxylation is 2. The van der Waals surface area contributed by atoms with Gasteiger partial charge in [-0.15, -0.1) is 0 Å². The van der Waals surface area contributed by atoms with Gasteiger partial charge in [-0.1, -0.05) is 18.2 Å². The summed E-state index contributed by atoms with van der Waals surface area (Å²) in [6.07, 6.45) is 0. The van der Waals surface area contributed by atoms with Crippen LogP contribution in [0.4, 0.5) is 10.1 Å². The maximum Gasteiger partial charge on any atom is 0.317 e. The number of carbonyl (C=O) groups is 1. The van der Waals surface area contributed by atoms with Crippen molar-refractivity contribution in [3.8, 4) is 0 Å². The fourth-order valence-corrected chi connectivity index (χ4v) is 3.18. The summed E-state index contributed by atoms with van der Waals surface area (Å²) in [4.78, 5) is 15.4. The monoisotopic (exact) mass is 330 g/mol. The number of hydrogen-bond donors (Lipinski definition) is 2. The van der Waals surface area contributed by atoms with E-state index in [-0.39, 0.29) is 17.5 Å². The normalized spacial score (nSPS) is 10.9. The number of carbonyl (C=O) groups excluding carboxylic acids is 1. The summed E-state index contributed by atoms with van der Waals surface area (Å²) in [5.74, 6) is -0.278. The van der Waals surface area contributed by atoms with Crippen LogP contribution in [0.25, 0.3) is 11.0 Å². The lowest BCUT2D eigenvalue weighted by Crippen LogP contribution is -2.29. The Hall–Kier alpha value is -2.34. The number of aromatic nitrogens is 2. The van der Waals surface area contributed by atoms with Gasteiger partial charge in [-0.3, -0.25) is 4.79 Å². The minimum atomic E-state index is -0.361. The van der Waals surface area contributed by atoms with Crippen LogP contribution in [0.15, 0.2) is 47.6 Å². The van der Waals surface area contributed by atoms with Crippen LogP contribution in [0.3, 0.4) is 0 Å². The molecule has 0 aliphatic rings. The van der Waals surface area contributed by atoms with Crippen molar-refractivity contribution in [1.82, 2.24) is 4.98 Å². The first kappa shape index (κ1) is 15.6. The Bertz CT molecular complexity index is 875. The van der Waals surface area contributed by atoms with Crippen molar-refractivity contribution in [2.45, 2.75) is 12.1 Å². The quantitative estimate of drug-likeness (QED) is 0.570. The number of nitrogens with zero attached hydrogens (tertiary/aromatic N) is 1. The molecule has 0 atom stereocenters. The van der Waals surface area contributed by atoms with Crippen LogP contribution in [0, 0.1) is 12.7 Å². The second-order valence-electron chi connectivity index (χ2n) is 5.30.